The average molecular weight is 357 g/mol. The van der Waals surface area contributed by atoms with Gasteiger partial charge in [0.25, 0.3) is 17.5 Å². The van der Waals surface area contributed by atoms with Gasteiger partial charge in [0, 0.05) is 12.1 Å². The summed E-state index contributed by atoms with van der Waals surface area (Å²) in [7, 11) is 0. The van der Waals surface area contributed by atoms with Gasteiger partial charge in [0.2, 0.25) is 0 Å². The standard InChI is InChI=1S/C18H13ClN2O4/c1-10-3-8-14(11(2)9-10)20-17(22)15(16(19)18(20)23)12-4-6-13(7-5-12)21(24)25/h3-9H,1-2H3. The number of nitro groups is 1. The zero-order chi connectivity index (χ0) is 18.3. The number of hydrogen-bond donors (Lipinski definition) is 0. The Kier molecular flexibility index (Phi) is 4.14. The molecule has 7 heteroatoms. The van der Waals surface area contributed by atoms with Gasteiger partial charge in [-0.25, -0.2) is 4.90 Å². The van der Waals surface area contributed by atoms with Crippen molar-refractivity contribution in [2.24, 2.45) is 0 Å². The minimum Gasteiger partial charge on any atom is -0.268 e. The normalized spacial score (nSPS) is 14.4. The van der Waals surface area contributed by atoms with Gasteiger partial charge in [-0.15, -0.1) is 0 Å². The van der Waals surface area contributed by atoms with E-state index in [9.17, 15) is 19.7 Å². The van der Waals surface area contributed by atoms with E-state index in [0.717, 1.165) is 16.0 Å². The van der Waals surface area contributed by atoms with Gasteiger partial charge in [-0.2, -0.15) is 0 Å². The van der Waals surface area contributed by atoms with Gasteiger partial charge in [-0.05, 0) is 43.2 Å². The van der Waals surface area contributed by atoms with E-state index in [4.69, 9.17) is 11.6 Å². The number of hydrogen-bond acceptors (Lipinski definition) is 4. The lowest BCUT2D eigenvalue weighted by molar-refractivity contribution is -0.384. The number of aryl methyl sites for hydroxylation is 2. The van der Waals surface area contributed by atoms with Crippen LogP contribution >= 0.6 is 11.6 Å². The number of imide groups is 1. The van der Waals surface area contributed by atoms with Gasteiger partial charge in [-0.3, -0.25) is 19.7 Å². The molecule has 0 unspecified atom stereocenters. The highest BCUT2D eigenvalue weighted by molar-refractivity contribution is 6.60. The van der Waals surface area contributed by atoms with Crippen LogP contribution in [0.25, 0.3) is 5.57 Å². The van der Waals surface area contributed by atoms with Crippen LogP contribution in [0.15, 0.2) is 47.5 Å². The summed E-state index contributed by atoms with van der Waals surface area (Å²) < 4.78 is 0. The van der Waals surface area contributed by atoms with E-state index in [0.29, 0.717) is 11.3 Å². The second-order valence-corrected chi connectivity index (χ2v) is 6.11. The second-order valence-electron chi connectivity index (χ2n) is 5.73. The van der Waals surface area contributed by atoms with E-state index >= 15 is 0 Å². The van der Waals surface area contributed by atoms with Crippen LogP contribution in [0, 0.1) is 24.0 Å². The first-order chi connectivity index (χ1) is 11.8. The molecule has 6 nitrogen and oxygen atoms in total. The summed E-state index contributed by atoms with van der Waals surface area (Å²) in [4.78, 5) is 36.6. The fraction of sp³-hybridized carbons (Fsp3) is 0.111. The van der Waals surface area contributed by atoms with Crippen LogP contribution in [0.4, 0.5) is 11.4 Å². The molecule has 0 saturated heterocycles. The number of benzene rings is 2. The first kappa shape index (κ1) is 16.9. The first-order valence-corrected chi connectivity index (χ1v) is 7.79. The predicted molar refractivity (Wildman–Crippen MR) is 94.3 cm³/mol. The minimum absolute atomic E-state index is 0.0431. The summed E-state index contributed by atoms with van der Waals surface area (Å²) in [6.45, 7) is 3.72. The molecule has 1 heterocycles. The van der Waals surface area contributed by atoms with E-state index < -0.39 is 16.7 Å². The number of non-ortho nitro benzene ring substituents is 1. The van der Waals surface area contributed by atoms with Gasteiger partial charge in [-0.1, -0.05) is 29.3 Å². The molecule has 0 N–H and O–H groups in total. The van der Waals surface area contributed by atoms with Crippen LogP contribution < -0.4 is 4.90 Å². The molecule has 0 radical (unpaired) electrons. The highest BCUT2D eigenvalue weighted by Crippen LogP contribution is 2.36. The topological polar surface area (TPSA) is 80.5 Å². The van der Waals surface area contributed by atoms with Crippen molar-refractivity contribution < 1.29 is 14.5 Å². The number of carbonyl (C=O) groups is 2. The maximum absolute atomic E-state index is 12.8. The van der Waals surface area contributed by atoms with Crippen LogP contribution in [0.2, 0.25) is 0 Å². The average Bonchev–Trinajstić information content (AvgIpc) is 2.78. The SMILES string of the molecule is Cc1ccc(N2C(=O)C(Cl)=C(c3ccc([N+](=O)[O-])cc3)C2=O)c(C)c1. The fourth-order valence-corrected chi connectivity index (χ4v) is 3.05. The third-order valence-electron chi connectivity index (χ3n) is 3.99. The van der Waals surface area contributed by atoms with Crippen LogP contribution in [-0.4, -0.2) is 16.7 Å². The Morgan fingerprint density at radius 3 is 2.20 bits per heavy atom. The molecule has 0 saturated carbocycles. The van der Waals surface area contributed by atoms with Crippen molar-refractivity contribution in [2.75, 3.05) is 4.90 Å². The van der Waals surface area contributed by atoms with Gasteiger partial charge in [0.05, 0.1) is 16.2 Å². The van der Waals surface area contributed by atoms with E-state index in [1.807, 2.05) is 13.0 Å². The fourth-order valence-electron chi connectivity index (χ4n) is 2.78. The molecule has 0 spiro atoms. The first-order valence-electron chi connectivity index (χ1n) is 7.42. The minimum atomic E-state index is -0.605. The molecule has 0 fully saturated rings. The molecule has 0 bridgehead atoms. The molecule has 1 aliphatic heterocycles. The summed E-state index contributed by atoms with van der Waals surface area (Å²) in [5, 5.41) is 10.6. The highest BCUT2D eigenvalue weighted by Gasteiger charge is 2.39. The maximum Gasteiger partial charge on any atom is 0.277 e. The molecule has 2 aromatic carbocycles. The van der Waals surface area contributed by atoms with Gasteiger partial charge >= 0.3 is 0 Å². The van der Waals surface area contributed by atoms with E-state index in [-0.39, 0.29) is 16.3 Å². The van der Waals surface area contributed by atoms with Crippen molar-refractivity contribution in [2.45, 2.75) is 13.8 Å². The quantitative estimate of drug-likeness (QED) is 0.476. The summed E-state index contributed by atoms with van der Waals surface area (Å²) >= 11 is 6.12. The van der Waals surface area contributed by atoms with Crippen molar-refractivity contribution in [3.63, 3.8) is 0 Å². The number of rotatable bonds is 3. The Balaban J connectivity index is 2.03. The number of nitro benzene ring substituents is 1. The van der Waals surface area contributed by atoms with Crippen molar-refractivity contribution in [3.05, 3.63) is 74.3 Å². The number of halogens is 1. The molecule has 0 aliphatic carbocycles. The number of anilines is 1. The Labute approximate surface area is 148 Å². The van der Waals surface area contributed by atoms with Gasteiger partial charge < -0.3 is 0 Å². The van der Waals surface area contributed by atoms with Gasteiger partial charge in [0.1, 0.15) is 5.03 Å². The highest BCUT2D eigenvalue weighted by atomic mass is 35.5. The lowest BCUT2D eigenvalue weighted by Gasteiger charge is -2.17. The van der Waals surface area contributed by atoms with Crippen molar-refractivity contribution in [1.29, 1.82) is 0 Å². The zero-order valence-electron chi connectivity index (χ0n) is 13.4. The number of carbonyl (C=O) groups excluding carboxylic acids is 2. The summed E-state index contributed by atoms with van der Waals surface area (Å²) in [5.74, 6) is -1.15. The monoisotopic (exact) mass is 356 g/mol. The van der Waals surface area contributed by atoms with Crippen LogP contribution in [0.3, 0.4) is 0 Å². The van der Waals surface area contributed by atoms with E-state index in [1.54, 1.807) is 19.1 Å². The molecule has 2 amide bonds. The Morgan fingerprint density at radius 1 is 1.00 bits per heavy atom. The zero-order valence-corrected chi connectivity index (χ0v) is 14.2. The lowest BCUT2D eigenvalue weighted by atomic mass is 10.1. The van der Waals surface area contributed by atoms with Crippen LogP contribution in [0.1, 0.15) is 16.7 Å². The molecule has 0 aromatic heterocycles. The second kappa shape index (κ2) is 6.14. The van der Waals surface area contributed by atoms with Gasteiger partial charge in [0.15, 0.2) is 0 Å². The molecular weight excluding hydrogens is 344 g/mol. The Bertz CT molecular complexity index is 948. The molecule has 1 aliphatic rings. The smallest absolute Gasteiger partial charge is 0.268 e. The molecule has 2 aromatic rings. The van der Waals surface area contributed by atoms with Crippen molar-refractivity contribution in [3.8, 4) is 0 Å². The Hall–Kier alpha value is -2.99. The van der Waals surface area contributed by atoms with Crippen LogP contribution in [-0.2, 0) is 9.59 Å². The maximum atomic E-state index is 12.8. The third-order valence-corrected chi connectivity index (χ3v) is 4.34. The predicted octanol–water partition coefficient (Wildman–Crippen LogP) is 3.73. The van der Waals surface area contributed by atoms with E-state index in [2.05, 4.69) is 0 Å². The molecule has 25 heavy (non-hydrogen) atoms. The molecule has 126 valence electrons. The largest absolute Gasteiger partial charge is 0.277 e. The van der Waals surface area contributed by atoms with Crippen LogP contribution in [0.5, 0.6) is 0 Å². The van der Waals surface area contributed by atoms with E-state index in [1.165, 1.54) is 24.3 Å². The van der Waals surface area contributed by atoms with Crippen molar-refractivity contribution in [1.82, 2.24) is 0 Å². The number of amides is 2. The number of nitrogens with zero attached hydrogens (tertiary/aromatic N) is 2. The third kappa shape index (κ3) is 2.81. The molecule has 3 rings (SSSR count). The molecule has 0 atom stereocenters. The van der Waals surface area contributed by atoms with Crippen molar-refractivity contribution >= 4 is 40.4 Å². The summed E-state index contributed by atoms with van der Waals surface area (Å²) in [6.07, 6.45) is 0. The molecular formula is C18H13ClN2O4. The summed E-state index contributed by atoms with van der Waals surface area (Å²) in [6, 6.07) is 10.7. The lowest BCUT2D eigenvalue weighted by Crippen LogP contribution is -2.31. The summed E-state index contributed by atoms with van der Waals surface area (Å²) in [5.41, 5.74) is 2.55. The Morgan fingerprint density at radius 2 is 1.64 bits per heavy atom.